The maximum atomic E-state index is 13.1. The van der Waals surface area contributed by atoms with Crippen LogP contribution in [0.1, 0.15) is 28.8 Å². The summed E-state index contributed by atoms with van der Waals surface area (Å²) in [6.07, 6.45) is -2.70. The van der Waals surface area contributed by atoms with Crippen molar-refractivity contribution in [2.24, 2.45) is 0 Å². The molecule has 1 aliphatic heterocycles. The van der Waals surface area contributed by atoms with Crippen LogP contribution in [0.4, 0.5) is 35.0 Å². The van der Waals surface area contributed by atoms with Gasteiger partial charge < -0.3 is 20.4 Å². The molecule has 2 aromatic carbocycles. The van der Waals surface area contributed by atoms with Crippen molar-refractivity contribution in [3.8, 4) is 0 Å². The number of amides is 3. The SMILES string of the molecule is CN(C)c1ccc(NC(=O)Nc2ccccc2C(F)(F)F)cc1C(=O)N1CCCC1. The zero-order chi connectivity index (χ0) is 21.9. The fourth-order valence-corrected chi connectivity index (χ4v) is 3.39. The van der Waals surface area contributed by atoms with E-state index in [4.69, 9.17) is 0 Å². The Morgan fingerprint density at radius 1 is 1.00 bits per heavy atom. The minimum atomic E-state index is -4.59. The number of halogens is 3. The van der Waals surface area contributed by atoms with Gasteiger partial charge in [0.25, 0.3) is 5.91 Å². The van der Waals surface area contributed by atoms with Gasteiger partial charge in [0.2, 0.25) is 0 Å². The number of carbonyl (C=O) groups is 2. The van der Waals surface area contributed by atoms with E-state index in [-0.39, 0.29) is 11.6 Å². The van der Waals surface area contributed by atoms with E-state index >= 15 is 0 Å². The van der Waals surface area contributed by atoms with E-state index in [2.05, 4.69) is 10.6 Å². The molecular formula is C21H23F3N4O2. The highest BCUT2D eigenvalue weighted by Gasteiger charge is 2.33. The number of rotatable bonds is 4. The van der Waals surface area contributed by atoms with Crippen LogP contribution >= 0.6 is 0 Å². The molecule has 0 aliphatic carbocycles. The summed E-state index contributed by atoms with van der Waals surface area (Å²) in [5, 5.41) is 4.75. The molecule has 2 N–H and O–H groups in total. The molecule has 6 nitrogen and oxygen atoms in total. The topological polar surface area (TPSA) is 64.7 Å². The Bertz CT molecular complexity index is 938. The lowest BCUT2D eigenvalue weighted by molar-refractivity contribution is -0.136. The minimum Gasteiger partial charge on any atom is -0.377 e. The summed E-state index contributed by atoms with van der Waals surface area (Å²) in [4.78, 5) is 28.8. The first-order valence-corrected chi connectivity index (χ1v) is 9.51. The summed E-state index contributed by atoms with van der Waals surface area (Å²) >= 11 is 0. The quantitative estimate of drug-likeness (QED) is 0.757. The van der Waals surface area contributed by atoms with Crippen LogP contribution in [0.3, 0.4) is 0 Å². The van der Waals surface area contributed by atoms with Crippen molar-refractivity contribution in [2.75, 3.05) is 42.7 Å². The summed E-state index contributed by atoms with van der Waals surface area (Å²) in [6.45, 7) is 1.36. The van der Waals surface area contributed by atoms with Crippen LogP contribution in [-0.4, -0.2) is 44.0 Å². The first-order chi connectivity index (χ1) is 14.2. The predicted octanol–water partition coefficient (Wildman–Crippen LogP) is 4.65. The van der Waals surface area contributed by atoms with Gasteiger partial charge in [-0.25, -0.2) is 4.79 Å². The fourth-order valence-electron chi connectivity index (χ4n) is 3.39. The molecule has 0 aromatic heterocycles. The first-order valence-electron chi connectivity index (χ1n) is 9.51. The Labute approximate surface area is 172 Å². The molecule has 9 heteroatoms. The Balaban J connectivity index is 1.81. The lowest BCUT2D eigenvalue weighted by Crippen LogP contribution is -2.29. The molecule has 3 amide bonds. The van der Waals surface area contributed by atoms with Crippen molar-refractivity contribution in [3.05, 3.63) is 53.6 Å². The molecule has 1 heterocycles. The number of nitrogens with zero attached hydrogens (tertiary/aromatic N) is 2. The molecule has 0 radical (unpaired) electrons. The number of hydrogen-bond donors (Lipinski definition) is 2. The summed E-state index contributed by atoms with van der Waals surface area (Å²) < 4.78 is 39.4. The Hall–Kier alpha value is -3.23. The largest absolute Gasteiger partial charge is 0.418 e. The molecule has 160 valence electrons. The van der Waals surface area contributed by atoms with Gasteiger partial charge in [0.05, 0.1) is 16.8 Å². The van der Waals surface area contributed by atoms with Gasteiger partial charge in [0.15, 0.2) is 0 Å². The molecule has 0 atom stereocenters. The maximum Gasteiger partial charge on any atom is 0.418 e. The Morgan fingerprint density at radius 2 is 1.67 bits per heavy atom. The molecule has 1 fully saturated rings. The van der Waals surface area contributed by atoms with Gasteiger partial charge in [0, 0.05) is 38.6 Å². The van der Waals surface area contributed by atoms with Crippen molar-refractivity contribution in [2.45, 2.75) is 19.0 Å². The number of alkyl halides is 3. The van der Waals surface area contributed by atoms with E-state index in [1.165, 1.54) is 18.2 Å². The van der Waals surface area contributed by atoms with E-state index in [0.717, 1.165) is 18.9 Å². The third kappa shape index (κ3) is 4.84. The van der Waals surface area contributed by atoms with Crippen LogP contribution in [-0.2, 0) is 6.18 Å². The van der Waals surface area contributed by atoms with Crippen molar-refractivity contribution in [1.82, 2.24) is 4.90 Å². The average Bonchev–Trinajstić information content (AvgIpc) is 3.21. The number of likely N-dealkylation sites (tertiary alicyclic amines) is 1. The van der Waals surface area contributed by atoms with Crippen molar-refractivity contribution < 1.29 is 22.8 Å². The molecule has 30 heavy (non-hydrogen) atoms. The van der Waals surface area contributed by atoms with Gasteiger partial charge >= 0.3 is 12.2 Å². The van der Waals surface area contributed by atoms with Crippen LogP contribution in [0.15, 0.2) is 42.5 Å². The lowest BCUT2D eigenvalue weighted by Gasteiger charge is -2.22. The second kappa shape index (κ2) is 8.64. The van der Waals surface area contributed by atoms with E-state index in [1.54, 1.807) is 28.0 Å². The summed E-state index contributed by atoms with van der Waals surface area (Å²) in [5.41, 5.74) is 0.148. The normalized spacial score (nSPS) is 13.8. The fraction of sp³-hybridized carbons (Fsp3) is 0.333. The highest BCUT2D eigenvalue weighted by molar-refractivity contribution is 6.04. The number of para-hydroxylation sites is 1. The van der Waals surface area contributed by atoms with Crippen LogP contribution < -0.4 is 15.5 Å². The standard InChI is InChI=1S/C21H23F3N4O2/c1-27(2)18-10-9-14(13-15(18)19(29)28-11-5-6-12-28)25-20(30)26-17-8-4-3-7-16(17)21(22,23)24/h3-4,7-10,13H,5-6,11-12H2,1-2H3,(H2,25,26,30). The molecule has 0 bridgehead atoms. The second-order valence-corrected chi connectivity index (χ2v) is 7.25. The summed E-state index contributed by atoms with van der Waals surface area (Å²) in [5.74, 6) is -0.136. The molecule has 1 saturated heterocycles. The molecule has 0 saturated carbocycles. The van der Waals surface area contributed by atoms with Crippen LogP contribution in [0.5, 0.6) is 0 Å². The van der Waals surface area contributed by atoms with Gasteiger partial charge in [-0.05, 0) is 43.2 Å². The van der Waals surface area contributed by atoms with Crippen LogP contribution in [0.25, 0.3) is 0 Å². The van der Waals surface area contributed by atoms with Crippen molar-refractivity contribution >= 4 is 29.0 Å². The lowest BCUT2D eigenvalue weighted by atomic mass is 10.1. The van der Waals surface area contributed by atoms with Gasteiger partial charge in [-0.3, -0.25) is 4.79 Å². The minimum absolute atomic E-state index is 0.136. The van der Waals surface area contributed by atoms with Gasteiger partial charge in [-0.15, -0.1) is 0 Å². The first kappa shape index (κ1) is 21.5. The molecule has 3 rings (SSSR count). The van der Waals surface area contributed by atoms with Gasteiger partial charge in [0.1, 0.15) is 0 Å². The smallest absolute Gasteiger partial charge is 0.377 e. The zero-order valence-corrected chi connectivity index (χ0v) is 16.7. The summed E-state index contributed by atoms with van der Waals surface area (Å²) in [6, 6.07) is 8.75. The predicted molar refractivity (Wildman–Crippen MR) is 110 cm³/mol. The summed E-state index contributed by atoms with van der Waals surface area (Å²) in [7, 11) is 3.62. The van der Waals surface area contributed by atoms with Crippen LogP contribution in [0.2, 0.25) is 0 Å². The van der Waals surface area contributed by atoms with E-state index in [0.29, 0.717) is 30.0 Å². The van der Waals surface area contributed by atoms with Gasteiger partial charge in [-0.1, -0.05) is 12.1 Å². The van der Waals surface area contributed by atoms with E-state index in [1.807, 2.05) is 14.1 Å². The van der Waals surface area contributed by atoms with E-state index < -0.39 is 17.8 Å². The number of nitrogens with one attached hydrogen (secondary N) is 2. The number of benzene rings is 2. The number of urea groups is 1. The second-order valence-electron chi connectivity index (χ2n) is 7.25. The third-order valence-electron chi connectivity index (χ3n) is 4.84. The van der Waals surface area contributed by atoms with Crippen molar-refractivity contribution in [1.29, 1.82) is 0 Å². The van der Waals surface area contributed by atoms with Crippen LogP contribution in [0, 0.1) is 0 Å². The molecular weight excluding hydrogens is 397 g/mol. The Morgan fingerprint density at radius 3 is 2.30 bits per heavy atom. The average molecular weight is 420 g/mol. The third-order valence-corrected chi connectivity index (χ3v) is 4.84. The molecule has 1 aliphatic rings. The molecule has 2 aromatic rings. The maximum absolute atomic E-state index is 13.1. The number of anilines is 3. The molecule has 0 unspecified atom stereocenters. The van der Waals surface area contributed by atoms with Gasteiger partial charge in [-0.2, -0.15) is 13.2 Å². The number of carbonyl (C=O) groups excluding carboxylic acids is 2. The highest BCUT2D eigenvalue weighted by Crippen LogP contribution is 2.34. The monoisotopic (exact) mass is 420 g/mol. The van der Waals surface area contributed by atoms with Crippen molar-refractivity contribution in [3.63, 3.8) is 0 Å². The number of hydrogen-bond acceptors (Lipinski definition) is 3. The van der Waals surface area contributed by atoms with E-state index in [9.17, 15) is 22.8 Å². The molecule has 0 spiro atoms. The zero-order valence-electron chi connectivity index (χ0n) is 16.7. The Kier molecular flexibility index (Phi) is 6.19. The highest BCUT2D eigenvalue weighted by atomic mass is 19.4.